The Morgan fingerprint density at radius 2 is 1.86 bits per heavy atom. The molecule has 2 amide bonds. The van der Waals surface area contributed by atoms with Crippen molar-refractivity contribution in [3.8, 4) is 11.8 Å². The van der Waals surface area contributed by atoms with Gasteiger partial charge in [-0.15, -0.1) is 0 Å². The molecule has 0 radical (unpaired) electrons. The zero-order valence-electron chi connectivity index (χ0n) is 15.6. The summed E-state index contributed by atoms with van der Waals surface area (Å²) < 4.78 is 10.1. The topological polar surface area (TPSA) is 109 Å². The van der Waals surface area contributed by atoms with Gasteiger partial charge in [-0.05, 0) is 42.8 Å². The van der Waals surface area contributed by atoms with Crippen LogP contribution in [0.3, 0.4) is 0 Å². The molecule has 2 aromatic carbocycles. The summed E-state index contributed by atoms with van der Waals surface area (Å²) in [6.07, 6.45) is 1.39. The molecule has 1 fully saturated rings. The molecule has 0 bridgehead atoms. The molecule has 8 nitrogen and oxygen atoms in total. The van der Waals surface area contributed by atoms with Gasteiger partial charge in [0.2, 0.25) is 5.91 Å². The van der Waals surface area contributed by atoms with Gasteiger partial charge < -0.3 is 19.7 Å². The van der Waals surface area contributed by atoms with E-state index < -0.39 is 25.1 Å². The van der Waals surface area contributed by atoms with Crippen molar-refractivity contribution in [2.45, 2.75) is 12.8 Å². The SMILES string of the molecule is N#Cc1ccccc1OCC(=O)OCC(=O)Nc1ccc(N2CCCC2=O)cc1. The molecule has 29 heavy (non-hydrogen) atoms. The van der Waals surface area contributed by atoms with E-state index in [1.807, 2.05) is 6.07 Å². The Morgan fingerprint density at radius 3 is 2.55 bits per heavy atom. The maximum absolute atomic E-state index is 11.9. The second-order valence-corrected chi connectivity index (χ2v) is 6.30. The van der Waals surface area contributed by atoms with Gasteiger partial charge in [0, 0.05) is 24.3 Å². The van der Waals surface area contributed by atoms with Gasteiger partial charge >= 0.3 is 5.97 Å². The Labute approximate surface area is 167 Å². The standard InChI is InChI=1S/C21H19N3O5/c22-12-15-4-1-2-5-18(15)28-14-21(27)29-13-19(25)23-16-7-9-17(10-8-16)24-11-3-6-20(24)26/h1-2,4-5,7-10H,3,6,11,13-14H2,(H,23,25). The Morgan fingerprint density at radius 1 is 1.10 bits per heavy atom. The van der Waals surface area contributed by atoms with Crippen LogP contribution in [0.1, 0.15) is 18.4 Å². The summed E-state index contributed by atoms with van der Waals surface area (Å²) in [5, 5.41) is 11.6. The van der Waals surface area contributed by atoms with E-state index in [1.54, 1.807) is 53.4 Å². The fraction of sp³-hybridized carbons (Fsp3) is 0.238. The van der Waals surface area contributed by atoms with Crippen molar-refractivity contribution >= 4 is 29.2 Å². The second kappa shape index (κ2) is 9.37. The van der Waals surface area contributed by atoms with E-state index in [4.69, 9.17) is 14.7 Å². The lowest BCUT2D eigenvalue weighted by Gasteiger charge is -2.16. The fourth-order valence-electron chi connectivity index (χ4n) is 2.85. The van der Waals surface area contributed by atoms with Gasteiger partial charge in [-0.3, -0.25) is 9.59 Å². The zero-order valence-corrected chi connectivity index (χ0v) is 15.6. The third-order valence-electron chi connectivity index (χ3n) is 4.25. The summed E-state index contributed by atoms with van der Waals surface area (Å²) in [7, 11) is 0. The fourth-order valence-corrected chi connectivity index (χ4v) is 2.85. The van der Waals surface area contributed by atoms with E-state index in [0.717, 1.165) is 12.1 Å². The van der Waals surface area contributed by atoms with Crippen molar-refractivity contribution in [1.29, 1.82) is 5.26 Å². The first-order chi connectivity index (χ1) is 14.1. The number of nitriles is 1. The summed E-state index contributed by atoms with van der Waals surface area (Å²) >= 11 is 0. The molecule has 1 heterocycles. The molecule has 1 aliphatic heterocycles. The lowest BCUT2D eigenvalue weighted by Crippen LogP contribution is -2.24. The number of hydrogen-bond acceptors (Lipinski definition) is 6. The molecule has 0 unspecified atom stereocenters. The number of carbonyl (C=O) groups is 3. The molecule has 2 aromatic rings. The minimum Gasteiger partial charge on any atom is -0.481 e. The molecule has 0 aromatic heterocycles. The van der Waals surface area contributed by atoms with E-state index in [2.05, 4.69) is 5.32 Å². The van der Waals surface area contributed by atoms with Gasteiger partial charge in [0.1, 0.15) is 11.8 Å². The van der Waals surface area contributed by atoms with Crippen molar-refractivity contribution in [2.24, 2.45) is 0 Å². The predicted molar refractivity (Wildman–Crippen MR) is 104 cm³/mol. The van der Waals surface area contributed by atoms with E-state index in [0.29, 0.717) is 24.2 Å². The van der Waals surface area contributed by atoms with Crippen molar-refractivity contribution in [1.82, 2.24) is 0 Å². The molecule has 0 aliphatic carbocycles. The van der Waals surface area contributed by atoms with Crippen molar-refractivity contribution in [3.05, 3.63) is 54.1 Å². The first-order valence-electron chi connectivity index (χ1n) is 9.04. The zero-order chi connectivity index (χ0) is 20.6. The Hall–Kier alpha value is -3.86. The van der Waals surface area contributed by atoms with Crippen LogP contribution in [-0.4, -0.2) is 37.5 Å². The van der Waals surface area contributed by atoms with Crippen LogP contribution in [0.25, 0.3) is 0 Å². The lowest BCUT2D eigenvalue weighted by atomic mass is 10.2. The number of benzene rings is 2. The van der Waals surface area contributed by atoms with Crippen molar-refractivity contribution < 1.29 is 23.9 Å². The number of nitrogens with one attached hydrogen (secondary N) is 1. The highest BCUT2D eigenvalue weighted by molar-refractivity contribution is 5.96. The number of nitrogens with zero attached hydrogens (tertiary/aromatic N) is 2. The Bertz CT molecular complexity index is 950. The van der Waals surface area contributed by atoms with E-state index in [-0.39, 0.29) is 11.7 Å². The van der Waals surface area contributed by atoms with Gasteiger partial charge in [0.05, 0.1) is 5.56 Å². The number of para-hydroxylation sites is 1. The van der Waals surface area contributed by atoms with Gasteiger partial charge in [-0.2, -0.15) is 5.26 Å². The highest BCUT2D eigenvalue weighted by Crippen LogP contribution is 2.23. The average molecular weight is 393 g/mol. The molecule has 1 N–H and O–H groups in total. The monoisotopic (exact) mass is 393 g/mol. The highest BCUT2D eigenvalue weighted by Gasteiger charge is 2.21. The minimum atomic E-state index is -0.726. The molecular formula is C21H19N3O5. The molecule has 1 aliphatic rings. The summed E-state index contributed by atoms with van der Waals surface area (Å²) in [6, 6.07) is 15.3. The maximum Gasteiger partial charge on any atom is 0.344 e. The highest BCUT2D eigenvalue weighted by atomic mass is 16.6. The second-order valence-electron chi connectivity index (χ2n) is 6.30. The van der Waals surface area contributed by atoms with E-state index >= 15 is 0 Å². The molecule has 1 saturated heterocycles. The molecular weight excluding hydrogens is 374 g/mol. The predicted octanol–water partition coefficient (Wildman–Crippen LogP) is 2.25. The van der Waals surface area contributed by atoms with E-state index in [1.165, 1.54) is 0 Å². The largest absolute Gasteiger partial charge is 0.481 e. The van der Waals surface area contributed by atoms with Crippen LogP contribution in [-0.2, 0) is 19.1 Å². The molecule has 0 saturated carbocycles. The Balaban J connectivity index is 1.43. The number of esters is 1. The van der Waals surface area contributed by atoms with Crippen LogP contribution in [0.5, 0.6) is 5.75 Å². The third-order valence-corrected chi connectivity index (χ3v) is 4.25. The number of ether oxygens (including phenoxy) is 2. The van der Waals surface area contributed by atoms with Crippen LogP contribution in [0, 0.1) is 11.3 Å². The average Bonchev–Trinajstić information content (AvgIpc) is 3.17. The summed E-state index contributed by atoms with van der Waals surface area (Å²) in [6.45, 7) is -0.180. The number of carbonyl (C=O) groups excluding carboxylic acids is 3. The summed E-state index contributed by atoms with van der Waals surface area (Å²) in [5.74, 6) is -0.863. The van der Waals surface area contributed by atoms with Crippen LogP contribution in [0.2, 0.25) is 0 Å². The quantitative estimate of drug-likeness (QED) is 0.723. The lowest BCUT2D eigenvalue weighted by molar-refractivity contribution is -0.149. The molecule has 0 atom stereocenters. The van der Waals surface area contributed by atoms with Crippen molar-refractivity contribution in [3.63, 3.8) is 0 Å². The normalized spacial score (nSPS) is 12.9. The number of anilines is 2. The minimum absolute atomic E-state index is 0.0910. The molecule has 0 spiro atoms. The smallest absolute Gasteiger partial charge is 0.344 e. The Kier molecular flexibility index (Phi) is 6.43. The first-order valence-corrected chi connectivity index (χ1v) is 9.04. The van der Waals surface area contributed by atoms with Crippen LogP contribution < -0.4 is 15.0 Å². The van der Waals surface area contributed by atoms with Crippen LogP contribution in [0.15, 0.2) is 48.5 Å². The van der Waals surface area contributed by atoms with E-state index in [9.17, 15) is 14.4 Å². The third kappa shape index (κ3) is 5.32. The number of hydrogen-bond donors (Lipinski definition) is 1. The molecule has 148 valence electrons. The molecule has 8 heteroatoms. The molecule has 3 rings (SSSR count). The summed E-state index contributed by atoms with van der Waals surface area (Å²) in [4.78, 5) is 37.1. The number of amides is 2. The summed E-state index contributed by atoms with van der Waals surface area (Å²) in [5.41, 5.74) is 1.62. The van der Waals surface area contributed by atoms with Gasteiger partial charge in [0.25, 0.3) is 5.91 Å². The van der Waals surface area contributed by atoms with Crippen LogP contribution in [0.4, 0.5) is 11.4 Å². The van der Waals surface area contributed by atoms with Crippen molar-refractivity contribution in [2.75, 3.05) is 30.0 Å². The van der Waals surface area contributed by atoms with Gasteiger partial charge in [-0.25, -0.2) is 4.79 Å². The van der Waals surface area contributed by atoms with Gasteiger partial charge in [0.15, 0.2) is 13.2 Å². The number of rotatable bonds is 7. The van der Waals surface area contributed by atoms with Crippen LogP contribution >= 0.6 is 0 Å². The maximum atomic E-state index is 11.9. The van der Waals surface area contributed by atoms with Gasteiger partial charge in [-0.1, -0.05) is 12.1 Å². The first kappa shape index (κ1) is 19.9.